The summed E-state index contributed by atoms with van der Waals surface area (Å²) in [6, 6.07) is 7.86. The number of nitrogens with zero attached hydrogens (tertiary/aromatic N) is 1. The maximum Gasteiger partial charge on any atom is 0.416 e. The van der Waals surface area contributed by atoms with Gasteiger partial charge in [0.15, 0.2) is 5.54 Å². The van der Waals surface area contributed by atoms with E-state index in [-0.39, 0.29) is 30.6 Å². The van der Waals surface area contributed by atoms with E-state index in [0.29, 0.717) is 36.5 Å². The number of nitrogens with one attached hydrogen (secondary N) is 2. The number of aliphatic imine (C=N–C) groups is 1. The summed E-state index contributed by atoms with van der Waals surface area (Å²) >= 11 is 0. The highest BCUT2D eigenvalue weighted by atomic mass is 19.4. The van der Waals surface area contributed by atoms with Crippen molar-refractivity contribution in [2.75, 3.05) is 13.2 Å². The molecule has 0 bridgehead atoms. The van der Waals surface area contributed by atoms with Crippen LogP contribution in [0, 0.1) is 0 Å². The molecule has 0 unspecified atom stereocenters. The van der Waals surface area contributed by atoms with Gasteiger partial charge in [-0.15, -0.1) is 6.58 Å². The van der Waals surface area contributed by atoms with E-state index in [2.05, 4.69) is 22.4 Å². The Morgan fingerprint density at radius 3 is 2.28 bits per heavy atom. The molecule has 0 fully saturated rings. The van der Waals surface area contributed by atoms with Crippen molar-refractivity contribution in [2.24, 2.45) is 4.99 Å². The lowest BCUT2D eigenvalue weighted by Crippen LogP contribution is -2.54. The third-order valence-electron chi connectivity index (χ3n) is 5.93. The number of hydrogen-bond donors (Lipinski definition) is 3. The van der Waals surface area contributed by atoms with Gasteiger partial charge in [0.05, 0.1) is 17.7 Å². The van der Waals surface area contributed by atoms with Gasteiger partial charge in [0, 0.05) is 31.6 Å². The summed E-state index contributed by atoms with van der Waals surface area (Å²) < 4.78 is 90.1. The molecule has 0 aliphatic carbocycles. The summed E-state index contributed by atoms with van der Waals surface area (Å²) in [5.74, 6) is 0.00685. The molecular formula is C26H27F6N3O4. The fourth-order valence-electron chi connectivity index (χ4n) is 3.86. The molecule has 1 aliphatic rings. The number of rotatable bonds is 11. The molecule has 1 amide bonds. The van der Waals surface area contributed by atoms with Crippen LogP contribution in [0.5, 0.6) is 5.75 Å². The molecule has 2 atom stereocenters. The van der Waals surface area contributed by atoms with Gasteiger partial charge in [0.1, 0.15) is 11.9 Å². The van der Waals surface area contributed by atoms with E-state index < -0.39 is 47.6 Å². The second-order valence-corrected chi connectivity index (χ2v) is 8.77. The highest BCUT2D eigenvalue weighted by molar-refractivity contribution is 6.00. The first-order valence-corrected chi connectivity index (χ1v) is 11.8. The predicted molar refractivity (Wildman–Crippen MR) is 130 cm³/mol. The molecule has 1 heterocycles. The Kier molecular flexibility index (Phi) is 9.28. The molecule has 0 radical (unpaired) electrons. The van der Waals surface area contributed by atoms with Gasteiger partial charge in [0.25, 0.3) is 5.91 Å². The number of ether oxygens (including phenoxy) is 2. The molecule has 0 saturated carbocycles. The Balaban J connectivity index is 1.75. The number of aliphatic hydroxyl groups excluding tert-OH is 1. The minimum absolute atomic E-state index is 0.00252. The quantitative estimate of drug-likeness (QED) is 0.160. The molecule has 0 saturated heterocycles. The molecule has 13 heteroatoms. The average molecular weight is 560 g/mol. The van der Waals surface area contributed by atoms with Crippen LogP contribution in [0.2, 0.25) is 0 Å². The van der Waals surface area contributed by atoms with Gasteiger partial charge in [0.2, 0.25) is 5.90 Å². The fourth-order valence-corrected chi connectivity index (χ4v) is 3.86. The third-order valence-corrected chi connectivity index (χ3v) is 5.93. The normalized spacial score (nSPS) is 19.3. The predicted octanol–water partition coefficient (Wildman–Crippen LogP) is 4.79. The van der Waals surface area contributed by atoms with Crippen LogP contribution in [0.25, 0.3) is 0 Å². The van der Waals surface area contributed by atoms with Gasteiger partial charge >= 0.3 is 12.4 Å². The average Bonchev–Trinajstić information content (AvgIpc) is 3.20. The van der Waals surface area contributed by atoms with E-state index in [1.54, 1.807) is 31.2 Å². The van der Waals surface area contributed by atoms with E-state index in [1.807, 2.05) is 0 Å². The van der Waals surface area contributed by atoms with Gasteiger partial charge in [-0.3, -0.25) is 10.2 Å². The van der Waals surface area contributed by atoms with Gasteiger partial charge in [-0.1, -0.05) is 6.08 Å². The van der Waals surface area contributed by atoms with Crippen LogP contribution in [-0.4, -0.2) is 41.8 Å². The molecule has 0 spiro atoms. The van der Waals surface area contributed by atoms with E-state index in [1.165, 1.54) is 6.08 Å². The summed E-state index contributed by atoms with van der Waals surface area (Å²) in [5.41, 5.74) is 0.528. The van der Waals surface area contributed by atoms with Crippen molar-refractivity contribution in [3.63, 3.8) is 0 Å². The Bertz CT molecular complexity index is 1170. The molecule has 1 aliphatic heterocycles. The number of amides is 1. The topological polar surface area (TPSA) is 92.2 Å². The molecule has 7 nitrogen and oxygen atoms in total. The number of benzene rings is 2. The largest absolute Gasteiger partial charge is 0.494 e. The van der Waals surface area contributed by atoms with Crippen molar-refractivity contribution < 1.29 is 45.7 Å². The second-order valence-electron chi connectivity index (χ2n) is 8.77. The van der Waals surface area contributed by atoms with Crippen LogP contribution in [0.1, 0.15) is 42.0 Å². The Labute approximate surface area is 220 Å². The number of aliphatic hydroxyl groups is 1. The first-order valence-electron chi connectivity index (χ1n) is 11.8. The molecule has 3 rings (SSSR count). The summed E-state index contributed by atoms with van der Waals surface area (Å²) in [5, 5.41) is 8.85. The Morgan fingerprint density at radius 2 is 1.74 bits per heavy atom. The van der Waals surface area contributed by atoms with Crippen LogP contribution < -0.4 is 15.6 Å². The van der Waals surface area contributed by atoms with Crippen LogP contribution in [0.3, 0.4) is 0 Å². The zero-order valence-corrected chi connectivity index (χ0v) is 20.8. The lowest BCUT2D eigenvalue weighted by atomic mass is 9.90. The van der Waals surface area contributed by atoms with E-state index in [0.717, 1.165) is 0 Å². The molecule has 212 valence electrons. The first kappa shape index (κ1) is 30.0. The molecular weight excluding hydrogens is 532 g/mol. The Morgan fingerprint density at radius 1 is 1.13 bits per heavy atom. The molecule has 3 N–H and O–H groups in total. The lowest BCUT2D eigenvalue weighted by molar-refractivity contribution is -0.143. The molecule has 39 heavy (non-hydrogen) atoms. The number of alkyl halides is 6. The number of carbonyl (C=O) groups excluding carboxylic acids is 1. The van der Waals surface area contributed by atoms with Gasteiger partial charge in [-0.05, 0) is 55.0 Å². The molecule has 2 aromatic rings. The van der Waals surface area contributed by atoms with E-state index >= 15 is 0 Å². The third kappa shape index (κ3) is 7.30. The van der Waals surface area contributed by atoms with Crippen molar-refractivity contribution >= 4 is 11.8 Å². The van der Waals surface area contributed by atoms with Crippen molar-refractivity contribution in [3.8, 4) is 5.75 Å². The lowest BCUT2D eigenvalue weighted by Gasteiger charge is -2.27. The second kappa shape index (κ2) is 12.1. The maximum absolute atomic E-state index is 13.2. The van der Waals surface area contributed by atoms with Gasteiger partial charge in [-0.2, -0.15) is 26.3 Å². The Hall–Kier alpha value is -3.58. The van der Waals surface area contributed by atoms with Crippen LogP contribution in [0.15, 0.2) is 60.1 Å². The fraction of sp³-hybridized carbons (Fsp3) is 0.385. The highest BCUT2D eigenvalue weighted by Gasteiger charge is 2.49. The van der Waals surface area contributed by atoms with Crippen LogP contribution in [-0.2, 0) is 28.4 Å². The van der Waals surface area contributed by atoms with Crippen LogP contribution >= 0.6 is 0 Å². The minimum Gasteiger partial charge on any atom is -0.494 e. The number of halogens is 6. The number of hydrogen-bond acceptors (Lipinski definition) is 6. The first-order chi connectivity index (χ1) is 18.3. The summed E-state index contributed by atoms with van der Waals surface area (Å²) in [7, 11) is 0. The summed E-state index contributed by atoms with van der Waals surface area (Å²) in [4.78, 5) is 17.7. The highest BCUT2D eigenvalue weighted by Crippen LogP contribution is 2.36. The van der Waals surface area contributed by atoms with Crippen molar-refractivity contribution in [3.05, 3.63) is 77.4 Å². The standard InChI is InChI=1S/C26H27F6N3O4/c1-3-9-24(16(2)39-22(34-24)18-5-7-21(8-6-18)38-11-4-10-36)23(37)35-33-15-17-12-19(25(27,28)29)14-20(13-17)26(30,31)32/h3,5-8,12-14,16,33,36H,1,4,9-11,15H2,2H3,(H,35,37)/t16-,24-/m0/s1. The zero-order valence-electron chi connectivity index (χ0n) is 20.8. The SMILES string of the molecule is C=CC[C@]1(C(=O)NNCc2cc(C(F)(F)F)cc(C(F)(F)F)c2)N=C(c2ccc(OCCCO)cc2)O[C@H]1C. The minimum atomic E-state index is -4.99. The van der Waals surface area contributed by atoms with Crippen LogP contribution in [0.4, 0.5) is 26.3 Å². The number of hydrazine groups is 1. The zero-order chi connectivity index (χ0) is 28.8. The monoisotopic (exact) mass is 559 g/mol. The maximum atomic E-state index is 13.2. The van der Waals surface area contributed by atoms with Crippen molar-refractivity contribution in [1.29, 1.82) is 0 Å². The van der Waals surface area contributed by atoms with Crippen molar-refractivity contribution in [1.82, 2.24) is 10.9 Å². The summed E-state index contributed by atoms with van der Waals surface area (Å²) in [6.07, 6.45) is -8.79. The van der Waals surface area contributed by atoms with Crippen molar-refractivity contribution in [2.45, 2.75) is 50.3 Å². The van der Waals surface area contributed by atoms with Gasteiger partial charge < -0.3 is 14.6 Å². The number of carbonyl (C=O) groups is 1. The summed E-state index contributed by atoms with van der Waals surface area (Å²) in [6.45, 7) is 5.06. The molecule has 2 aromatic carbocycles. The van der Waals surface area contributed by atoms with E-state index in [9.17, 15) is 31.1 Å². The molecule has 0 aromatic heterocycles. The van der Waals surface area contributed by atoms with E-state index in [4.69, 9.17) is 14.6 Å². The van der Waals surface area contributed by atoms with Gasteiger partial charge in [-0.25, -0.2) is 10.4 Å². The smallest absolute Gasteiger partial charge is 0.416 e.